The Bertz CT molecular complexity index is 1180. The SMILES string of the molecule is CCOC(=O)Cc1cn(CCc2ccccc2)c2cc(-c3ncco3)nn2c1=O. The summed E-state index contributed by atoms with van der Waals surface area (Å²) >= 11 is 0. The minimum atomic E-state index is -0.446. The molecule has 0 fully saturated rings. The molecule has 0 aliphatic rings. The fraction of sp³-hybridized carbons (Fsp3) is 0.238. The first-order chi connectivity index (χ1) is 14.2. The molecule has 8 heteroatoms. The van der Waals surface area contributed by atoms with Gasteiger partial charge in [-0.2, -0.15) is 9.61 Å². The summed E-state index contributed by atoms with van der Waals surface area (Å²) < 4.78 is 13.5. The van der Waals surface area contributed by atoms with Crippen LogP contribution >= 0.6 is 0 Å². The van der Waals surface area contributed by atoms with Gasteiger partial charge in [-0.1, -0.05) is 30.3 Å². The summed E-state index contributed by atoms with van der Waals surface area (Å²) in [6, 6.07) is 11.8. The number of carbonyl (C=O) groups is 1. The second-order valence-corrected chi connectivity index (χ2v) is 6.51. The monoisotopic (exact) mass is 392 g/mol. The minimum Gasteiger partial charge on any atom is -0.466 e. The van der Waals surface area contributed by atoms with E-state index in [0.29, 0.717) is 29.3 Å². The zero-order chi connectivity index (χ0) is 20.2. The third kappa shape index (κ3) is 3.96. The molecule has 0 atom stereocenters. The molecule has 4 rings (SSSR count). The van der Waals surface area contributed by atoms with Crippen LogP contribution < -0.4 is 5.56 Å². The maximum absolute atomic E-state index is 12.9. The lowest BCUT2D eigenvalue weighted by Gasteiger charge is -2.11. The van der Waals surface area contributed by atoms with Crippen LogP contribution in [0.15, 0.2) is 64.3 Å². The van der Waals surface area contributed by atoms with Gasteiger partial charge in [0.1, 0.15) is 11.9 Å². The van der Waals surface area contributed by atoms with Crippen LogP contribution in [0.3, 0.4) is 0 Å². The molecule has 3 aromatic heterocycles. The number of aromatic nitrogens is 4. The lowest BCUT2D eigenvalue weighted by molar-refractivity contribution is -0.142. The maximum atomic E-state index is 12.9. The summed E-state index contributed by atoms with van der Waals surface area (Å²) in [5.74, 6) is -0.117. The van der Waals surface area contributed by atoms with Crippen LogP contribution in [-0.2, 0) is 28.9 Å². The van der Waals surface area contributed by atoms with Gasteiger partial charge in [-0.15, -0.1) is 0 Å². The number of oxazole rings is 1. The zero-order valence-electron chi connectivity index (χ0n) is 15.9. The van der Waals surface area contributed by atoms with Crippen molar-refractivity contribution in [1.29, 1.82) is 0 Å². The minimum absolute atomic E-state index is 0.109. The molecule has 0 spiro atoms. The van der Waals surface area contributed by atoms with Crippen LogP contribution in [0.5, 0.6) is 0 Å². The maximum Gasteiger partial charge on any atom is 0.310 e. The van der Waals surface area contributed by atoms with Gasteiger partial charge in [0.25, 0.3) is 5.56 Å². The number of fused-ring (bicyclic) bond motifs is 1. The molecule has 0 bridgehead atoms. The van der Waals surface area contributed by atoms with Crippen molar-refractivity contribution in [2.75, 3.05) is 6.61 Å². The topological polar surface area (TPSA) is 91.6 Å². The Morgan fingerprint density at radius 2 is 2.07 bits per heavy atom. The van der Waals surface area contributed by atoms with E-state index in [9.17, 15) is 9.59 Å². The van der Waals surface area contributed by atoms with Gasteiger partial charge in [0.15, 0.2) is 5.69 Å². The number of hydrogen-bond acceptors (Lipinski definition) is 6. The second-order valence-electron chi connectivity index (χ2n) is 6.51. The van der Waals surface area contributed by atoms with Crippen molar-refractivity contribution >= 4 is 11.6 Å². The van der Waals surface area contributed by atoms with Crippen molar-refractivity contribution in [2.45, 2.75) is 26.3 Å². The summed E-state index contributed by atoms with van der Waals surface area (Å²) in [5, 5.41) is 4.36. The van der Waals surface area contributed by atoms with Crippen LogP contribution in [-0.4, -0.2) is 31.7 Å². The molecule has 0 unspecified atom stereocenters. The van der Waals surface area contributed by atoms with Crippen molar-refractivity contribution in [3.63, 3.8) is 0 Å². The highest BCUT2D eigenvalue weighted by Crippen LogP contribution is 2.18. The molecule has 0 radical (unpaired) electrons. The molecule has 1 aromatic carbocycles. The molecule has 0 aliphatic carbocycles. The summed E-state index contributed by atoms with van der Waals surface area (Å²) in [4.78, 5) is 29.0. The number of rotatable bonds is 7. The molecule has 8 nitrogen and oxygen atoms in total. The fourth-order valence-corrected chi connectivity index (χ4v) is 3.19. The smallest absolute Gasteiger partial charge is 0.310 e. The summed E-state index contributed by atoms with van der Waals surface area (Å²) in [5.41, 5.74) is 2.19. The van der Waals surface area contributed by atoms with Gasteiger partial charge in [0.05, 0.1) is 19.2 Å². The second kappa shape index (κ2) is 8.14. The van der Waals surface area contributed by atoms with Crippen molar-refractivity contribution < 1.29 is 13.9 Å². The van der Waals surface area contributed by atoms with E-state index in [0.717, 1.165) is 6.42 Å². The Morgan fingerprint density at radius 1 is 1.24 bits per heavy atom. The van der Waals surface area contributed by atoms with Crippen molar-refractivity contribution in [3.8, 4) is 11.6 Å². The average Bonchev–Trinajstić information content (AvgIpc) is 3.40. The highest BCUT2D eigenvalue weighted by Gasteiger charge is 2.17. The van der Waals surface area contributed by atoms with E-state index in [1.165, 1.54) is 22.5 Å². The van der Waals surface area contributed by atoms with E-state index in [2.05, 4.69) is 10.1 Å². The number of carbonyl (C=O) groups excluding carboxylic acids is 1. The van der Waals surface area contributed by atoms with Crippen LogP contribution in [0.2, 0.25) is 0 Å². The summed E-state index contributed by atoms with van der Waals surface area (Å²) in [6.45, 7) is 2.61. The number of benzene rings is 1. The Hall–Kier alpha value is -3.68. The van der Waals surface area contributed by atoms with Crippen LogP contribution in [0.1, 0.15) is 18.1 Å². The highest BCUT2D eigenvalue weighted by molar-refractivity contribution is 5.72. The number of esters is 1. The molecule has 3 heterocycles. The lowest BCUT2D eigenvalue weighted by atomic mass is 10.1. The Labute approximate surface area is 166 Å². The predicted molar refractivity (Wildman–Crippen MR) is 105 cm³/mol. The molecule has 29 heavy (non-hydrogen) atoms. The van der Waals surface area contributed by atoms with E-state index in [1.54, 1.807) is 19.2 Å². The van der Waals surface area contributed by atoms with Gasteiger partial charge in [-0.3, -0.25) is 9.59 Å². The Kier molecular flexibility index (Phi) is 5.24. The Morgan fingerprint density at radius 3 is 2.79 bits per heavy atom. The number of aryl methyl sites for hydroxylation is 2. The third-order valence-electron chi connectivity index (χ3n) is 4.54. The quantitative estimate of drug-likeness (QED) is 0.449. The first-order valence-electron chi connectivity index (χ1n) is 9.37. The Balaban J connectivity index is 1.76. The van der Waals surface area contributed by atoms with Gasteiger partial charge in [0.2, 0.25) is 5.89 Å². The van der Waals surface area contributed by atoms with Crippen molar-refractivity contribution in [1.82, 2.24) is 19.2 Å². The molecule has 148 valence electrons. The van der Waals surface area contributed by atoms with Gasteiger partial charge >= 0.3 is 5.97 Å². The van der Waals surface area contributed by atoms with Crippen molar-refractivity contribution in [2.24, 2.45) is 0 Å². The fourth-order valence-electron chi connectivity index (χ4n) is 3.19. The highest BCUT2D eigenvalue weighted by atomic mass is 16.5. The van der Waals surface area contributed by atoms with E-state index >= 15 is 0 Å². The van der Waals surface area contributed by atoms with Crippen molar-refractivity contribution in [3.05, 3.63) is 76.5 Å². The molecule has 0 N–H and O–H groups in total. The van der Waals surface area contributed by atoms with Gasteiger partial charge in [0, 0.05) is 24.4 Å². The first-order valence-corrected chi connectivity index (χ1v) is 9.37. The average molecular weight is 392 g/mol. The molecule has 0 aliphatic heterocycles. The summed E-state index contributed by atoms with van der Waals surface area (Å²) in [6.07, 6.45) is 5.33. The van der Waals surface area contributed by atoms with E-state index < -0.39 is 5.97 Å². The number of hydrogen-bond donors (Lipinski definition) is 0. The molecular formula is C21H20N4O4. The van der Waals surface area contributed by atoms with Gasteiger partial charge < -0.3 is 13.7 Å². The van der Waals surface area contributed by atoms with E-state index in [1.807, 2.05) is 34.9 Å². The van der Waals surface area contributed by atoms with E-state index in [-0.39, 0.29) is 18.6 Å². The first kappa shape index (κ1) is 18.7. The molecule has 4 aromatic rings. The van der Waals surface area contributed by atoms with Crippen LogP contribution in [0.25, 0.3) is 17.2 Å². The molecule has 0 saturated carbocycles. The largest absolute Gasteiger partial charge is 0.466 e. The molecule has 0 saturated heterocycles. The number of nitrogens with zero attached hydrogens (tertiary/aromatic N) is 4. The zero-order valence-corrected chi connectivity index (χ0v) is 15.9. The predicted octanol–water partition coefficient (Wildman–Crippen LogP) is 2.50. The lowest BCUT2D eigenvalue weighted by Crippen LogP contribution is -2.25. The molecule has 0 amide bonds. The van der Waals surface area contributed by atoms with Gasteiger partial charge in [-0.25, -0.2) is 4.98 Å². The normalized spacial score (nSPS) is 11.1. The summed E-state index contributed by atoms with van der Waals surface area (Å²) in [7, 11) is 0. The standard InChI is InChI=1S/C21H20N4O4/c1-2-28-19(26)12-16-14-24(10-8-15-6-4-3-5-7-15)18-13-17(20-22-9-11-29-20)23-25(18)21(16)27/h3-7,9,11,13-14H,2,8,10,12H2,1H3. The molecular weight excluding hydrogens is 372 g/mol. The van der Waals surface area contributed by atoms with Crippen LogP contribution in [0, 0.1) is 0 Å². The van der Waals surface area contributed by atoms with Crippen LogP contribution in [0.4, 0.5) is 0 Å². The van der Waals surface area contributed by atoms with Gasteiger partial charge in [-0.05, 0) is 18.9 Å². The van der Waals surface area contributed by atoms with E-state index in [4.69, 9.17) is 9.15 Å². The number of ether oxygens (including phenoxy) is 1. The third-order valence-corrected chi connectivity index (χ3v) is 4.54.